The first-order chi connectivity index (χ1) is 10.3. The number of hydrogen-bond acceptors (Lipinski definition) is 3. The second-order valence-electron chi connectivity index (χ2n) is 6.29. The van der Waals surface area contributed by atoms with Gasteiger partial charge in [-0.3, -0.25) is 0 Å². The van der Waals surface area contributed by atoms with Gasteiger partial charge in [0.15, 0.2) is 0 Å². The van der Waals surface area contributed by atoms with Gasteiger partial charge in [-0.2, -0.15) is 0 Å². The van der Waals surface area contributed by atoms with Crippen molar-refractivity contribution in [1.82, 2.24) is 5.32 Å². The number of thiophene rings is 2. The molecule has 2 heterocycles. The van der Waals surface area contributed by atoms with Crippen molar-refractivity contribution >= 4 is 22.7 Å². The van der Waals surface area contributed by atoms with Gasteiger partial charge in [-0.05, 0) is 47.6 Å². The Bertz CT molecular complexity index is 509. The topological polar surface area (TPSA) is 12.0 Å². The fraction of sp³-hybridized carbons (Fsp3) is 0.556. The maximum absolute atomic E-state index is 3.91. The van der Waals surface area contributed by atoms with Crippen molar-refractivity contribution in [3.8, 4) is 0 Å². The Kier molecular flexibility index (Phi) is 5.15. The van der Waals surface area contributed by atoms with E-state index in [4.69, 9.17) is 0 Å². The van der Waals surface area contributed by atoms with Crippen molar-refractivity contribution in [1.29, 1.82) is 0 Å². The van der Waals surface area contributed by atoms with Gasteiger partial charge < -0.3 is 5.32 Å². The van der Waals surface area contributed by atoms with Crippen molar-refractivity contribution in [2.24, 2.45) is 5.41 Å². The van der Waals surface area contributed by atoms with E-state index in [9.17, 15) is 0 Å². The number of rotatable bonds is 7. The van der Waals surface area contributed by atoms with Gasteiger partial charge in [0.25, 0.3) is 0 Å². The molecule has 2 aromatic heterocycles. The lowest BCUT2D eigenvalue weighted by Gasteiger charge is -2.30. The van der Waals surface area contributed by atoms with Crippen molar-refractivity contribution in [3.63, 3.8) is 0 Å². The minimum atomic E-state index is 0.479. The molecular formula is C18H25NS2. The Morgan fingerprint density at radius 1 is 1.14 bits per heavy atom. The van der Waals surface area contributed by atoms with E-state index < -0.39 is 0 Å². The number of hydrogen-bond donors (Lipinski definition) is 1. The first-order valence-electron chi connectivity index (χ1n) is 8.10. The fourth-order valence-electron chi connectivity index (χ4n) is 3.51. The molecule has 0 amide bonds. The van der Waals surface area contributed by atoms with Crippen molar-refractivity contribution in [2.75, 3.05) is 6.54 Å². The van der Waals surface area contributed by atoms with Crippen LogP contribution in [0.5, 0.6) is 0 Å². The predicted octanol–water partition coefficient (Wildman–Crippen LogP) is 5.65. The zero-order chi connectivity index (χ0) is 14.5. The molecule has 3 rings (SSSR count). The monoisotopic (exact) mass is 319 g/mol. The lowest BCUT2D eigenvalue weighted by atomic mass is 9.83. The molecule has 0 aliphatic heterocycles. The van der Waals surface area contributed by atoms with Gasteiger partial charge in [-0.1, -0.05) is 31.9 Å². The van der Waals surface area contributed by atoms with Gasteiger partial charge in [0, 0.05) is 28.8 Å². The van der Waals surface area contributed by atoms with E-state index in [-0.39, 0.29) is 0 Å². The van der Waals surface area contributed by atoms with Crippen molar-refractivity contribution in [2.45, 2.75) is 51.5 Å². The van der Waals surface area contributed by atoms with E-state index in [1.165, 1.54) is 48.4 Å². The molecule has 1 N–H and O–H groups in total. The standard InChI is InChI=1S/C18H25NS2/c1-2-18(9-3-4-10-18)14-19-16(17-8-6-12-21-17)13-15-7-5-11-20-15/h5-8,11-12,16,19H,2-4,9-10,13-14H2,1H3. The summed E-state index contributed by atoms with van der Waals surface area (Å²) in [6, 6.07) is 9.36. The highest BCUT2D eigenvalue weighted by atomic mass is 32.1. The molecule has 3 heteroatoms. The summed E-state index contributed by atoms with van der Waals surface area (Å²) in [5.41, 5.74) is 0.560. The van der Waals surface area contributed by atoms with Crippen LogP contribution in [0.2, 0.25) is 0 Å². The maximum atomic E-state index is 3.91. The molecule has 21 heavy (non-hydrogen) atoms. The average Bonchev–Trinajstić information content (AvgIpc) is 3.24. The third-order valence-electron chi connectivity index (χ3n) is 5.01. The smallest absolute Gasteiger partial charge is 0.0463 e. The van der Waals surface area contributed by atoms with Gasteiger partial charge in [0.1, 0.15) is 0 Å². The lowest BCUT2D eigenvalue weighted by Crippen LogP contribution is -2.34. The van der Waals surface area contributed by atoms with Gasteiger partial charge in [-0.15, -0.1) is 22.7 Å². The zero-order valence-corrected chi connectivity index (χ0v) is 14.4. The molecule has 1 saturated carbocycles. The lowest BCUT2D eigenvalue weighted by molar-refractivity contribution is 0.256. The van der Waals surface area contributed by atoms with E-state index in [0.717, 1.165) is 6.42 Å². The highest BCUT2D eigenvalue weighted by Crippen LogP contribution is 2.41. The van der Waals surface area contributed by atoms with Gasteiger partial charge in [0.2, 0.25) is 0 Å². The summed E-state index contributed by atoms with van der Waals surface area (Å²) in [6.45, 7) is 3.55. The summed E-state index contributed by atoms with van der Waals surface area (Å²) in [5.74, 6) is 0. The SMILES string of the molecule is CCC1(CNC(Cc2cccs2)c2cccs2)CCCC1. The molecule has 0 saturated heterocycles. The molecule has 2 aromatic rings. The highest BCUT2D eigenvalue weighted by Gasteiger charge is 2.32. The fourth-order valence-corrected chi connectivity index (χ4v) is 5.07. The summed E-state index contributed by atoms with van der Waals surface area (Å²) >= 11 is 3.76. The molecule has 1 nitrogen and oxygen atoms in total. The van der Waals surface area contributed by atoms with E-state index in [2.05, 4.69) is 47.3 Å². The van der Waals surface area contributed by atoms with Crippen LogP contribution in [0.4, 0.5) is 0 Å². The van der Waals surface area contributed by atoms with Gasteiger partial charge in [-0.25, -0.2) is 0 Å². The molecule has 1 aliphatic carbocycles. The molecule has 1 unspecified atom stereocenters. The minimum Gasteiger partial charge on any atom is -0.308 e. The van der Waals surface area contributed by atoms with Crippen LogP contribution in [0.15, 0.2) is 35.0 Å². The van der Waals surface area contributed by atoms with E-state index in [0.29, 0.717) is 11.5 Å². The first kappa shape index (κ1) is 15.3. The van der Waals surface area contributed by atoms with Crippen LogP contribution in [0.25, 0.3) is 0 Å². The third kappa shape index (κ3) is 3.77. The molecule has 114 valence electrons. The quantitative estimate of drug-likeness (QED) is 0.695. The Morgan fingerprint density at radius 3 is 2.52 bits per heavy atom. The predicted molar refractivity (Wildman–Crippen MR) is 94.3 cm³/mol. The van der Waals surface area contributed by atoms with Crippen LogP contribution in [0.1, 0.15) is 54.8 Å². The maximum Gasteiger partial charge on any atom is 0.0463 e. The molecular weight excluding hydrogens is 294 g/mol. The summed E-state index contributed by atoms with van der Waals surface area (Å²) in [6.07, 6.45) is 8.10. The molecule has 0 aromatic carbocycles. The van der Waals surface area contributed by atoms with Crippen LogP contribution in [0.3, 0.4) is 0 Å². The summed E-state index contributed by atoms with van der Waals surface area (Å²) in [4.78, 5) is 2.96. The Morgan fingerprint density at radius 2 is 1.90 bits per heavy atom. The molecule has 0 bridgehead atoms. The second-order valence-corrected chi connectivity index (χ2v) is 8.30. The second kappa shape index (κ2) is 7.08. The van der Waals surface area contributed by atoms with E-state index >= 15 is 0 Å². The van der Waals surface area contributed by atoms with Crippen LogP contribution >= 0.6 is 22.7 Å². The first-order valence-corrected chi connectivity index (χ1v) is 9.86. The molecule has 1 atom stereocenters. The average molecular weight is 320 g/mol. The van der Waals surface area contributed by atoms with Crippen LogP contribution < -0.4 is 5.32 Å². The summed E-state index contributed by atoms with van der Waals surface area (Å²) in [5, 5.41) is 8.30. The zero-order valence-electron chi connectivity index (χ0n) is 12.8. The van der Waals surface area contributed by atoms with Gasteiger partial charge in [0.05, 0.1) is 0 Å². The van der Waals surface area contributed by atoms with Crippen molar-refractivity contribution in [3.05, 3.63) is 44.8 Å². The van der Waals surface area contributed by atoms with Crippen LogP contribution in [-0.2, 0) is 6.42 Å². The summed E-state index contributed by atoms with van der Waals surface area (Å²) < 4.78 is 0. The molecule has 1 aliphatic rings. The normalized spacial score (nSPS) is 18.9. The Balaban J connectivity index is 1.67. The van der Waals surface area contributed by atoms with Crippen molar-refractivity contribution < 1.29 is 0 Å². The minimum absolute atomic E-state index is 0.479. The van der Waals surface area contributed by atoms with Gasteiger partial charge >= 0.3 is 0 Å². The Labute approximate surface area is 136 Å². The van der Waals surface area contributed by atoms with Crippen LogP contribution in [0, 0.1) is 5.41 Å². The molecule has 0 radical (unpaired) electrons. The van der Waals surface area contributed by atoms with Crippen LogP contribution in [-0.4, -0.2) is 6.54 Å². The molecule has 0 spiro atoms. The Hall–Kier alpha value is -0.640. The third-order valence-corrected chi connectivity index (χ3v) is 6.89. The molecule has 1 fully saturated rings. The largest absolute Gasteiger partial charge is 0.308 e. The van der Waals surface area contributed by atoms with E-state index in [1.54, 1.807) is 0 Å². The highest BCUT2D eigenvalue weighted by molar-refractivity contribution is 7.10. The number of nitrogens with one attached hydrogen (secondary N) is 1. The summed E-state index contributed by atoms with van der Waals surface area (Å²) in [7, 11) is 0. The van der Waals surface area contributed by atoms with E-state index in [1.807, 2.05) is 22.7 Å².